The number of esters is 1. The van der Waals surface area contributed by atoms with Crippen LogP contribution in [0.4, 0.5) is 5.69 Å². The number of nitrogens with zero attached hydrogens (tertiary/aromatic N) is 3. The molecule has 2 aromatic carbocycles. The quantitative estimate of drug-likeness (QED) is 0.437. The van der Waals surface area contributed by atoms with Gasteiger partial charge in [-0.1, -0.05) is 48.6 Å². The summed E-state index contributed by atoms with van der Waals surface area (Å²) in [5.41, 5.74) is 3.51. The second kappa shape index (κ2) is 11.0. The molecule has 1 aromatic heterocycles. The minimum absolute atomic E-state index is 0.209. The minimum atomic E-state index is -0.612. The molecule has 8 heteroatoms. The van der Waals surface area contributed by atoms with Gasteiger partial charge in [-0.2, -0.15) is 0 Å². The number of hydrogen-bond donors (Lipinski definition) is 0. The lowest BCUT2D eigenvalue weighted by atomic mass is 9.95. The highest BCUT2D eigenvalue weighted by atomic mass is 32.1. The molecule has 2 heterocycles. The maximum absolute atomic E-state index is 13.8. The van der Waals surface area contributed by atoms with Gasteiger partial charge in [-0.25, -0.2) is 9.79 Å². The molecular formula is C28H31N3O4S. The summed E-state index contributed by atoms with van der Waals surface area (Å²) >= 11 is 1.31. The Hall–Kier alpha value is -3.65. The predicted molar refractivity (Wildman–Crippen MR) is 143 cm³/mol. The molecule has 4 rings (SSSR count). The van der Waals surface area contributed by atoms with Crippen molar-refractivity contribution in [2.75, 3.05) is 32.2 Å². The maximum Gasteiger partial charge on any atom is 0.338 e. The van der Waals surface area contributed by atoms with E-state index < -0.39 is 12.0 Å². The van der Waals surface area contributed by atoms with Crippen LogP contribution in [0.15, 0.2) is 69.6 Å². The van der Waals surface area contributed by atoms with E-state index in [1.165, 1.54) is 18.4 Å². The number of benzene rings is 2. The number of carbonyl (C=O) groups is 1. The van der Waals surface area contributed by atoms with Gasteiger partial charge < -0.3 is 14.4 Å². The molecule has 7 nitrogen and oxygen atoms in total. The van der Waals surface area contributed by atoms with Crippen LogP contribution in [-0.2, 0) is 9.53 Å². The molecule has 3 aromatic rings. The molecule has 0 bridgehead atoms. The molecule has 0 radical (unpaired) electrons. The van der Waals surface area contributed by atoms with Gasteiger partial charge in [0, 0.05) is 30.4 Å². The minimum Gasteiger partial charge on any atom is -0.496 e. The Morgan fingerprint density at radius 2 is 1.83 bits per heavy atom. The highest BCUT2D eigenvalue weighted by Crippen LogP contribution is 2.32. The van der Waals surface area contributed by atoms with E-state index in [-0.39, 0.29) is 5.56 Å². The molecule has 0 unspecified atom stereocenters. The van der Waals surface area contributed by atoms with Crippen molar-refractivity contribution in [1.29, 1.82) is 0 Å². The number of hydrogen-bond acceptors (Lipinski definition) is 7. The zero-order chi connectivity index (χ0) is 25.8. The van der Waals surface area contributed by atoms with Gasteiger partial charge in [0.15, 0.2) is 4.80 Å². The first kappa shape index (κ1) is 25.4. The van der Waals surface area contributed by atoms with E-state index in [1.807, 2.05) is 61.5 Å². The monoisotopic (exact) mass is 505 g/mol. The number of methoxy groups -OCH3 is 2. The summed E-state index contributed by atoms with van der Waals surface area (Å²) in [6.07, 6.45) is 2.38. The van der Waals surface area contributed by atoms with Crippen LogP contribution in [0.2, 0.25) is 0 Å². The second-order valence-electron chi connectivity index (χ2n) is 8.30. The van der Waals surface area contributed by atoms with E-state index in [4.69, 9.17) is 14.5 Å². The largest absolute Gasteiger partial charge is 0.496 e. The topological polar surface area (TPSA) is 73.1 Å². The third-order valence-corrected chi connectivity index (χ3v) is 7.38. The fourth-order valence-electron chi connectivity index (χ4n) is 4.56. The van der Waals surface area contributed by atoms with Crippen molar-refractivity contribution in [2.24, 2.45) is 4.99 Å². The van der Waals surface area contributed by atoms with Crippen LogP contribution in [0.1, 0.15) is 44.4 Å². The van der Waals surface area contributed by atoms with Gasteiger partial charge in [0.05, 0.1) is 36.1 Å². The molecule has 1 aliphatic heterocycles. The molecule has 0 saturated carbocycles. The lowest BCUT2D eigenvalue weighted by Gasteiger charge is -2.25. The van der Waals surface area contributed by atoms with Crippen LogP contribution in [-0.4, -0.2) is 37.8 Å². The zero-order valence-corrected chi connectivity index (χ0v) is 22.1. The Labute approximate surface area is 214 Å². The van der Waals surface area contributed by atoms with Crippen molar-refractivity contribution in [3.8, 4) is 5.75 Å². The van der Waals surface area contributed by atoms with Gasteiger partial charge in [0.2, 0.25) is 0 Å². The summed E-state index contributed by atoms with van der Waals surface area (Å²) in [7, 11) is 2.98. The molecular weight excluding hydrogens is 474 g/mol. The van der Waals surface area contributed by atoms with E-state index in [2.05, 4.69) is 18.7 Å². The van der Waals surface area contributed by atoms with Crippen LogP contribution in [0.3, 0.4) is 0 Å². The van der Waals surface area contributed by atoms with Crippen molar-refractivity contribution in [1.82, 2.24) is 4.57 Å². The number of anilines is 1. The Kier molecular flexibility index (Phi) is 7.74. The van der Waals surface area contributed by atoms with Gasteiger partial charge in [-0.05, 0) is 44.0 Å². The fourth-order valence-corrected chi connectivity index (χ4v) is 5.57. The fraction of sp³-hybridized carbons (Fsp3) is 0.321. The number of aromatic nitrogens is 1. The second-order valence-corrected chi connectivity index (χ2v) is 9.31. The lowest BCUT2D eigenvalue weighted by Crippen LogP contribution is -2.40. The standard InChI is InChI=1S/C28H31N3O4S/c1-6-21-24(27(33)35-5)25(18-12-10-9-11-13-18)31-26(32)23(36-28(31)29-21)16-19-14-15-20(17-22(19)34-4)30(7-2)8-3/h9-17,25H,6-8H2,1-5H3/b23-16-/t25-/m0/s1. The molecule has 1 atom stereocenters. The van der Waals surface area contributed by atoms with Gasteiger partial charge in [-0.15, -0.1) is 0 Å². The first-order valence-electron chi connectivity index (χ1n) is 12.1. The lowest BCUT2D eigenvalue weighted by molar-refractivity contribution is -0.136. The Bertz CT molecular complexity index is 1470. The third-order valence-electron chi connectivity index (χ3n) is 6.40. The number of ether oxygens (including phenoxy) is 2. The summed E-state index contributed by atoms with van der Waals surface area (Å²) in [5, 5.41) is 0. The summed E-state index contributed by atoms with van der Waals surface area (Å²) in [6, 6.07) is 14.9. The normalized spacial score (nSPS) is 15.4. The molecule has 0 saturated heterocycles. The third kappa shape index (κ3) is 4.60. The van der Waals surface area contributed by atoms with E-state index in [0.717, 1.165) is 29.9 Å². The average Bonchev–Trinajstić information content (AvgIpc) is 3.23. The number of thiazole rings is 1. The first-order valence-corrected chi connectivity index (χ1v) is 12.9. The molecule has 188 valence electrons. The SMILES string of the molecule is CCC1=C(C(=O)OC)[C@H](c2ccccc2)n2c(s/c(=C\c3ccc(N(CC)CC)cc3OC)c2=O)=N1. The van der Waals surface area contributed by atoms with Crippen molar-refractivity contribution < 1.29 is 14.3 Å². The molecule has 0 amide bonds. The molecule has 0 aliphatic carbocycles. The predicted octanol–water partition coefficient (Wildman–Crippen LogP) is 3.65. The molecule has 0 fully saturated rings. The average molecular weight is 506 g/mol. The van der Waals surface area contributed by atoms with Crippen molar-refractivity contribution in [3.63, 3.8) is 0 Å². The number of allylic oxidation sites excluding steroid dienone is 1. The van der Waals surface area contributed by atoms with Gasteiger partial charge >= 0.3 is 5.97 Å². The van der Waals surface area contributed by atoms with Crippen LogP contribution in [0.25, 0.3) is 6.08 Å². The zero-order valence-electron chi connectivity index (χ0n) is 21.3. The molecule has 0 spiro atoms. The van der Waals surface area contributed by atoms with E-state index in [0.29, 0.717) is 32.8 Å². The van der Waals surface area contributed by atoms with E-state index >= 15 is 0 Å². The van der Waals surface area contributed by atoms with Crippen LogP contribution >= 0.6 is 11.3 Å². The van der Waals surface area contributed by atoms with Gasteiger partial charge in [0.25, 0.3) is 5.56 Å². The Morgan fingerprint density at radius 1 is 1.11 bits per heavy atom. The number of fused-ring (bicyclic) bond motifs is 1. The molecule has 36 heavy (non-hydrogen) atoms. The number of carbonyl (C=O) groups excluding carboxylic acids is 1. The van der Waals surface area contributed by atoms with Crippen LogP contribution in [0.5, 0.6) is 5.75 Å². The Balaban J connectivity index is 1.93. The Morgan fingerprint density at radius 3 is 2.44 bits per heavy atom. The van der Waals surface area contributed by atoms with Gasteiger partial charge in [-0.3, -0.25) is 9.36 Å². The molecule has 0 N–H and O–H groups in total. The smallest absolute Gasteiger partial charge is 0.338 e. The van der Waals surface area contributed by atoms with E-state index in [9.17, 15) is 9.59 Å². The summed E-state index contributed by atoms with van der Waals surface area (Å²) in [6.45, 7) is 7.95. The van der Waals surface area contributed by atoms with Crippen molar-refractivity contribution in [3.05, 3.63) is 90.6 Å². The van der Waals surface area contributed by atoms with Crippen LogP contribution < -0.4 is 24.5 Å². The maximum atomic E-state index is 13.8. The van der Waals surface area contributed by atoms with Crippen LogP contribution in [0, 0.1) is 0 Å². The highest BCUT2D eigenvalue weighted by Gasteiger charge is 2.33. The summed E-state index contributed by atoms with van der Waals surface area (Å²) in [5.74, 6) is 0.210. The van der Waals surface area contributed by atoms with Crippen molar-refractivity contribution >= 4 is 29.1 Å². The number of rotatable bonds is 8. The van der Waals surface area contributed by atoms with E-state index in [1.54, 1.807) is 11.7 Å². The summed E-state index contributed by atoms with van der Waals surface area (Å²) < 4.78 is 12.9. The first-order chi connectivity index (χ1) is 17.5. The highest BCUT2D eigenvalue weighted by molar-refractivity contribution is 7.07. The van der Waals surface area contributed by atoms with Crippen molar-refractivity contribution in [2.45, 2.75) is 33.2 Å². The summed E-state index contributed by atoms with van der Waals surface area (Å²) in [4.78, 5) is 34.2. The van der Waals surface area contributed by atoms with Gasteiger partial charge in [0.1, 0.15) is 5.75 Å². The molecule has 1 aliphatic rings.